The molecule has 0 aliphatic heterocycles. The van der Waals surface area contributed by atoms with Gasteiger partial charge in [0.05, 0.1) is 15.1 Å². The molecular formula is C7H5Cl3N. The van der Waals surface area contributed by atoms with Gasteiger partial charge in [-0.3, -0.25) is 0 Å². The van der Waals surface area contributed by atoms with E-state index in [2.05, 4.69) is 0 Å². The lowest BCUT2D eigenvalue weighted by molar-refractivity contribution is 1.35. The molecule has 1 nitrogen and oxygen atoms in total. The second-order valence-electron chi connectivity index (χ2n) is 1.97. The Morgan fingerprint density at radius 1 is 1.09 bits per heavy atom. The van der Waals surface area contributed by atoms with Crippen molar-refractivity contribution in [3.63, 3.8) is 0 Å². The quantitative estimate of drug-likeness (QED) is 0.707. The zero-order chi connectivity index (χ0) is 8.43. The van der Waals surface area contributed by atoms with Crippen molar-refractivity contribution in [1.82, 2.24) is 0 Å². The molecule has 0 bridgehead atoms. The monoisotopic (exact) mass is 208 g/mol. The lowest BCUT2D eigenvalue weighted by Crippen LogP contribution is -1.92. The van der Waals surface area contributed by atoms with Gasteiger partial charge in [0.2, 0.25) is 0 Å². The first-order valence-corrected chi connectivity index (χ1v) is 3.98. The summed E-state index contributed by atoms with van der Waals surface area (Å²) in [5.74, 6) is 0. The van der Waals surface area contributed by atoms with E-state index >= 15 is 0 Å². The summed E-state index contributed by atoms with van der Waals surface area (Å²) >= 11 is 17.1. The van der Waals surface area contributed by atoms with E-state index in [1.165, 1.54) is 6.54 Å². The highest BCUT2D eigenvalue weighted by Gasteiger charge is 2.04. The third-order valence-corrected chi connectivity index (χ3v) is 2.40. The van der Waals surface area contributed by atoms with Crippen LogP contribution < -0.4 is 5.73 Å². The van der Waals surface area contributed by atoms with E-state index in [9.17, 15) is 0 Å². The zero-order valence-electron chi connectivity index (χ0n) is 5.44. The van der Waals surface area contributed by atoms with Crippen molar-refractivity contribution in [1.29, 1.82) is 0 Å². The van der Waals surface area contributed by atoms with Gasteiger partial charge in [0, 0.05) is 6.54 Å². The molecule has 0 aliphatic rings. The van der Waals surface area contributed by atoms with Crippen molar-refractivity contribution in [2.75, 3.05) is 0 Å². The molecule has 0 amide bonds. The smallest absolute Gasteiger partial charge is 0.0778 e. The number of rotatable bonds is 1. The van der Waals surface area contributed by atoms with Crippen LogP contribution in [0.1, 0.15) is 5.56 Å². The molecule has 0 saturated heterocycles. The molecule has 11 heavy (non-hydrogen) atoms. The molecule has 0 atom stereocenters. The fraction of sp³-hybridized carbons (Fsp3) is 0. The minimum absolute atomic E-state index is 0.360. The maximum absolute atomic E-state index is 5.71. The summed E-state index contributed by atoms with van der Waals surface area (Å²) in [6.07, 6.45) is 0. The van der Waals surface area contributed by atoms with Crippen LogP contribution in [0.4, 0.5) is 0 Å². The minimum Gasteiger partial charge on any atom is -0.322 e. The second kappa shape index (κ2) is 3.63. The molecular weight excluding hydrogens is 204 g/mol. The third-order valence-electron chi connectivity index (χ3n) is 1.20. The lowest BCUT2D eigenvalue weighted by atomic mass is 10.2. The highest BCUT2D eigenvalue weighted by Crippen LogP contribution is 2.30. The van der Waals surface area contributed by atoms with Gasteiger partial charge in [-0.15, -0.1) is 0 Å². The van der Waals surface area contributed by atoms with Gasteiger partial charge in [-0.25, -0.2) is 0 Å². The van der Waals surface area contributed by atoms with Crippen molar-refractivity contribution >= 4 is 34.8 Å². The van der Waals surface area contributed by atoms with E-state index in [4.69, 9.17) is 40.5 Å². The third kappa shape index (κ3) is 2.00. The Labute approximate surface area is 80.0 Å². The standard InChI is InChI=1S/C7H5Cl3N/c8-5-1-4(3-11)2-6(9)7(5)10/h1-3H,11H2. The van der Waals surface area contributed by atoms with E-state index in [1.807, 2.05) is 0 Å². The SMILES string of the molecule is N[CH]c1cc(Cl)c(Cl)c(Cl)c1. The summed E-state index contributed by atoms with van der Waals surface area (Å²) in [6, 6.07) is 3.30. The highest BCUT2D eigenvalue weighted by atomic mass is 35.5. The van der Waals surface area contributed by atoms with E-state index in [-0.39, 0.29) is 0 Å². The normalized spacial score (nSPS) is 10.2. The summed E-state index contributed by atoms with van der Waals surface area (Å²) in [4.78, 5) is 0. The van der Waals surface area contributed by atoms with Crippen LogP contribution in [0.2, 0.25) is 15.1 Å². The predicted molar refractivity (Wildman–Crippen MR) is 49.1 cm³/mol. The first-order valence-electron chi connectivity index (χ1n) is 2.84. The molecule has 1 rings (SSSR count). The molecule has 1 radical (unpaired) electrons. The van der Waals surface area contributed by atoms with E-state index in [1.54, 1.807) is 12.1 Å². The van der Waals surface area contributed by atoms with Gasteiger partial charge in [0.15, 0.2) is 0 Å². The Hall–Kier alpha value is 0.0500. The number of hydrogen-bond acceptors (Lipinski definition) is 1. The number of benzene rings is 1. The molecule has 1 aromatic rings. The van der Waals surface area contributed by atoms with Gasteiger partial charge in [-0.1, -0.05) is 34.8 Å². The Kier molecular flexibility index (Phi) is 3.02. The fourth-order valence-corrected chi connectivity index (χ4v) is 1.28. The maximum Gasteiger partial charge on any atom is 0.0778 e. The van der Waals surface area contributed by atoms with Crippen molar-refractivity contribution in [2.24, 2.45) is 5.73 Å². The van der Waals surface area contributed by atoms with Crippen LogP contribution in [0.3, 0.4) is 0 Å². The number of nitrogens with two attached hydrogens (primary N) is 1. The van der Waals surface area contributed by atoms with Crippen molar-refractivity contribution in [2.45, 2.75) is 0 Å². The largest absolute Gasteiger partial charge is 0.322 e. The average Bonchev–Trinajstić information content (AvgIpc) is 1.99. The molecule has 0 spiro atoms. The van der Waals surface area contributed by atoms with Crippen molar-refractivity contribution in [3.8, 4) is 0 Å². The van der Waals surface area contributed by atoms with E-state index in [0.717, 1.165) is 5.56 Å². The Balaban J connectivity index is 3.21. The van der Waals surface area contributed by atoms with E-state index < -0.39 is 0 Å². The summed E-state index contributed by atoms with van der Waals surface area (Å²) in [5.41, 5.74) is 6.01. The Morgan fingerprint density at radius 3 is 1.91 bits per heavy atom. The van der Waals surface area contributed by atoms with Gasteiger partial charge < -0.3 is 5.73 Å². The summed E-state index contributed by atoms with van der Waals surface area (Å²) in [5, 5.41) is 1.19. The number of halogens is 3. The van der Waals surface area contributed by atoms with Gasteiger partial charge in [-0.05, 0) is 17.7 Å². The maximum atomic E-state index is 5.71. The van der Waals surface area contributed by atoms with Crippen LogP contribution >= 0.6 is 34.8 Å². The summed E-state index contributed by atoms with van der Waals surface area (Å²) in [6.45, 7) is 1.41. The predicted octanol–water partition coefficient (Wildman–Crippen LogP) is 3.12. The van der Waals surface area contributed by atoms with Crippen LogP contribution in [-0.2, 0) is 0 Å². The molecule has 2 N–H and O–H groups in total. The fourth-order valence-electron chi connectivity index (χ4n) is 0.671. The van der Waals surface area contributed by atoms with Gasteiger partial charge in [0.1, 0.15) is 0 Å². The Morgan fingerprint density at radius 2 is 1.55 bits per heavy atom. The molecule has 59 valence electrons. The van der Waals surface area contributed by atoms with Crippen molar-refractivity contribution in [3.05, 3.63) is 39.3 Å². The molecule has 0 unspecified atom stereocenters. The van der Waals surface area contributed by atoms with Crippen LogP contribution in [0, 0.1) is 6.54 Å². The molecule has 1 aromatic carbocycles. The van der Waals surface area contributed by atoms with Crippen LogP contribution in [0.5, 0.6) is 0 Å². The minimum atomic E-state index is 0.360. The molecule has 0 heterocycles. The first kappa shape index (κ1) is 9.14. The summed E-state index contributed by atoms with van der Waals surface area (Å²) < 4.78 is 0. The second-order valence-corrected chi connectivity index (χ2v) is 3.16. The molecule has 0 aliphatic carbocycles. The molecule has 0 saturated carbocycles. The highest BCUT2D eigenvalue weighted by molar-refractivity contribution is 6.48. The lowest BCUT2D eigenvalue weighted by Gasteiger charge is -2.01. The van der Waals surface area contributed by atoms with Crippen LogP contribution in [0.15, 0.2) is 12.1 Å². The molecule has 0 fully saturated rings. The Bertz CT molecular complexity index is 249. The number of hydrogen-bond donors (Lipinski definition) is 1. The topological polar surface area (TPSA) is 26.0 Å². The van der Waals surface area contributed by atoms with Gasteiger partial charge >= 0.3 is 0 Å². The summed E-state index contributed by atoms with van der Waals surface area (Å²) in [7, 11) is 0. The van der Waals surface area contributed by atoms with Crippen LogP contribution in [0.25, 0.3) is 0 Å². The first-order chi connectivity index (χ1) is 5.15. The van der Waals surface area contributed by atoms with Crippen LogP contribution in [-0.4, -0.2) is 0 Å². The van der Waals surface area contributed by atoms with E-state index in [0.29, 0.717) is 15.1 Å². The molecule has 0 aromatic heterocycles. The van der Waals surface area contributed by atoms with Crippen molar-refractivity contribution < 1.29 is 0 Å². The van der Waals surface area contributed by atoms with Gasteiger partial charge in [-0.2, -0.15) is 0 Å². The molecule has 4 heteroatoms. The van der Waals surface area contributed by atoms with Gasteiger partial charge in [0.25, 0.3) is 0 Å². The zero-order valence-corrected chi connectivity index (χ0v) is 7.71. The average molecular weight is 209 g/mol.